The molecule has 0 saturated heterocycles. The molecular formula is C14H16N2O3. The second-order valence-electron chi connectivity index (χ2n) is 5.02. The third-order valence-corrected chi connectivity index (χ3v) is 3.69. The summed E-state index contributed by atoms with van der Waals surface area (Å²) in [6, 6.07) is 5.17. The Kier molecular flexibility index (Phi) is 3.11. The maximum atomic E-state index is 10.9. The molecule has 0 atom stereocenters. The second kappa shape index (κ2) is 4.91. The Morgan fingerprint density at radius 2 is 2.32 bits per heavy atom. The van der Waals surface area contributed by atoms with Crippen molar-refractivity contribution in [3.8, 4) is 0 Å². The monoisotopic (exact) mass is 260 g/mol. The third-order valence-electron chi connectivity index (χ3n) is 3.69. The van der Waals surface area contributed by atoms with Crippen LogP contribution in [0.5, 0.6) is 0 Å². The van der Waals surface area contributed by atoms with Crippen LogP contribution in [0, 0.1) is 5.92 Å². The molecule has 0 spiro atoms. The van der Waals surface area contributed by atoms with Gasteiger partial charge >= 0.3 is 5.97 Å². The zero-order chi connectivity index (χ0) is 13.2. The minimum atomic E-state index is -0.960. The lowest BCUT2D eigenvalue weighted by Crippen LogP contribution is -2.15. The first-order valence-corrected chi connectivity index (χ1v) is 6.60. The first-order chi connectivity index (χ1) is 9.22. The summed E-state index contributed by atoms with van der Waals surface area (Å²) < 4.78 is 5.51. The summed E-state index contributed by atoms with van der Waals surface area (Å²) in [5.41, 5.74) is 1.40. The molecule has 5 heteroatoms. The van der Waals surface area contributed by atoms with Gasteiger partial charge in [0.1, 0.15) is 5.52 Å². The van der Waals surface area contributed by atoms with E-state index in [-0.39, 0.29) is 5.56 Å². The molecule has 3 rings (SSSR count). The molecule has 0 aliphatic heterocycles. The van der Waals surface area contributed by atoms with Gasteiger partial charge in [-0.15, -0.1) is 0 Å². The number of nitrogens with zero attached hydrogens (tertiary/aromatic N) is 1. The van der Waals surface area contributed by atoms with Gasteiger partial charge in [0.15, 0.2) is 5.58 Å². The smallest absolute Gasteiger partial charge is 0.335 e. The highest BCUT2D eigenvalue weighted by Crippen LogP contribution is 2.29. The number of benzene rings is 1. The Bertz CT molecular complexity index is 602. The van der Waals surface area contributed by atoms with Gasteiger partial charge in [-0.05, 0) is 30.5 Å². The average Bonchev–Trinajstić information content (AvgIpc) is 2.73. The van der Waals surface area contributed by atoms with Crippen LogP contribution in [0.3, 0.4) is 0 Å². The average molecular weight is 260 g/mol. The SMILES string of the molecule is O=C(O)c1ccc2nc(NCCC3CCC3)oc2c1. The van der Waals surface area contributed by atoms with Crippen LogP contribution in [-0.4, -0.2) is 22.6 Å². The number of anilines is 1. The van der Waals surface area contributed by atoms with Crippen LogP contribution in [0.25, 0.3) is 11.1 Å². The number of carboxylic acid groups (broad SMARTS) is 1. The summed E-state index contributed by atoms with van der Waals surface area (Å²) in [7, 11) is 0. The van der Waals surface area contributed by atoms with Gasteiger partial charge in [0, 0.05) is 6.54 Å². The standard InChI is InChI=1S/C14H16N2O3/c17-13(18)10-4-5-11-12(8-10)19-14(16-11)15-7-6-9-2-1-3-9/h4-5,8-9H,1-3,6-7H2,(H,15,16)(H,17,18). The highest BCUT2D eigenvalue weighted by molar-refractivity contribution is 5.92. The minimum absolute atomic E-state index is 0.213. The van der Waals surface area contributed by atoms with Gasteiger partial charge in [-0.2, -0.15) is 4.98 Å². The van der Waals surface area contributed by atoms with Crippen molar-refractivity contribution in [2.45, 2.75) is 25.7 Å². The summed E-state index contributed by atoms with van der Waals surface area (Å²) in [6.07, 6.45) is 5.15. The van der Waals surface area contributed by atoms with Crippen molar-refractivity contribution in [3.63, 3.8) is 0 Å². The molecule has 1 saturated carbocycles. The normalized spacial score (nSPS) is 15.4. The van der Waals surface area contributed by atoms with Gasteiger partial charge in [-0.1, -0.05) is 19.3 Å². The molecule has 0 bridgehead atoms. The quantitative estimate of drug-likeness (QED) is 0.863. The summed E-state index contributed by atoms with van der Waals surface area (Å²) in [5.74, 6) is -0.117. The predicted molar refractivity (Wildman–Crippen MR) is 71.4 cm³/mol. The first-order valence-electron chi connectivity index (χ1n) is 6.60. The number of hydrogen-bond donors (Lipinski definition) is 2. The number of hydrogen-bond acceptors (Lipinski definition) is 4. The van der Waals surface area contributed by atoms with Gasteiger partial charge in [0.05, 0.1) is 5.56 Å². The molecule has 1 fully saturated rings. The minimum Gasteiger partial charge on any atom is -0.478 e. The molecule has 100 valence electrons. The second-order valence-corrected chi connectivity index (χ2v) is 5.02. The van der Waals surface area contributed by atoms with E-state index in [0.717, 1.165) is 18.9 Å². The van der Waals surface area contributed by atoms with E-state index in [4.69, 9.17) is 9.52 Å². The van der Waals surface area contributed by atoms with Gasteiger partial charge in [-0.3, -0.25) is 0 Å². The molecule has 19 heavy (non-hydrogen) atoms. The van der Waals surface area contributed by atoms with Crippen LogP contribution in [0.4, 0.5) is 6.01 Å². The van der Waals surface area contributed by atoms with Crippen molar-refractivity contribution in [2.75, 3.05) is 11.9 Å². The lowest BCUT2D eigenvalue weighted by Gasteiger charge is -2.24. The van der Waals surface area contributed by atoms with E-state index in [0.29, 0.717) is 17.1 Å². The number of aromatic nitrogens is 1. The Balaban J connectivity index is 1.68. The van der Waals surface area contributed by atoms with Crippen molar-refractivity contribution >= 4 is 23.1 Å². The fraction of sp³-hybridized carbons (Fsp3) is 0.429. The zero-order valence-electron chi connectivity index (χ0n) is 10.6. The predicted octanol–water partition coefficient (Wildman–Crippen LogP) is 3.13. The molecule has 0 radical (unpaired) electrons. The summed E-state index contributed by atoms with van der Waals surface area (Å²) in [4.78, 5) is 15.1. The fourth-order valence-corrected chi connectivity index (χ4v) is 2.30. The van der Waals surface area contributed by atoms with Crippen LogP contribution in [0.15, 0.2) is 22.6 Å². The van der Waals surface area contributed by atoms with E-state index in [2.05, 4.69) is 10.3 Å². The molecule has 0 amide bonds. The molecule has 2 N–H and O–H groups in total. The molecule has 5 nitrogen and oxygen atoms in total. The van der Waals surface area contributed by atoms with E-state index in [1.165, 1.54) is 31.4 Å². The van der Waals surface area contributed by atoms with E-state index in [1.807, 2.05) is 0 Å². The lowest BCUT2D eigenvalue weighted by atomic mass is 9.83. The molecule has 2 aromatic rings. The summed E-state index contributed by atoms with van der Waals surface area (Å²) >= 11 is 0. The van der Waals surface area contributed by atoms with Crippen molar-refractivity contribution < 1.29 is 14.3 Å². The topological polar surface area (TPSA) is 75.4 Å². The van der Waals surface area contributed by atoms with Crippen LogP contribution in [-0.2, 0) is 0 Å². The van der Waals surface area contributed by atoms with Crippen LogP contribution >= 0.6 is 0 Å². The fourth-order valence-electron chi connectivity index (χ4n) is 2.30. The summed E-state index contributed by atoms with van der Waals surface area (Å²) in [5, 5.41) is 12.1. The Labute approximate surface area is 110 Å². The largest absolute Gasteiger partial charge is 0.478 e. The first kappa shape index (κ1) is 12.0. The summed E-state index contributed by atoms with van der Waals surface area (Å²) in [6.45, 7) is 0.850. The highest BCUT2D eigenvalue weighted by Gasteiger charge is 2.17. The Hall–Kier alpha value is -2.04. The van der Waals surface area contributed by atoms with Gasteiger partial charge < -0.3 is 14.8 Å². The van der Waals surface area contributed by atoms with Crippen molar-refractivity contribution in [1.82, 2.24) is 4.98 Å². The maximum Gasteiger partial charge on any atom is 0.335 e. The molecular weight excluding hydrogens is 244 g/mol. The molecule has 1 aliphatic rings. The number of fused-ring (bicyclic) bond motifs is 1. The maximum absolute atomic E-state index is 10.9. The molecule has 1 aromatic heterocycles. The molecule has 0 unspecified atom stereocenters. The zero-order valence-corrected chi connectivity index (χ0v) is 10.6. The van der Waals surface area contributed by atoms with Crippen molar-refractivity contribution in [1.29, 1.82) is 0 Å². The number of nitrogens with one attached hydrogen (secondary N) is 1. The van der Waals surface area contributed by atoms with Crippen LogP contribution in [0.2, 0.25) is 0 Å². The van der Waals surface area contributed by atoms with Gasteiger partial charge in [-0.25, -0.2) is 4.79 Å². The molecule has 1 aliphatic carbocycles. The van der Waals surface area contributed by atoms with E-state index in [1.54, 1.807) is 6.07 Å². The lowest BCUT2D eigenvalue weighted by molar-refractivity contribution is 0.0697. The molecule has 1 heterocycles. The van der Waals surface area contributed by atoms with E-state index < -0.39 is 5.97 Å². The number of aromatic carboxylic acids is 1. The number of oxazole rings is 1. The Morgan fingerprint density at radius 1 is 1.47 bits per heavy atom. The number of rotatable bonds is 5. The number of carboxylic acids is 1. The Morgan fingerprint density at radius 3 is 3.00 bits per heavy atom. The third kappa shape index (κ3) is 2.54. The van der Waals surface area contributed by atoms with Gasteiger partial charge in [0.25, 0.3) is 6.01 Å². The highest BCUT2D eigenvalue weighted by atomic mass is 16.4. The van der Waals surface area contributed by atoms with Crippen LogP contribution < -0.4 is 5.32 Å². The number of carbonyl (C=O) groups is 1. The van der Waals surface area contributed by atoms with Crippen molar-refractivity contribution in [3.05, 3.63) is 23.8 Å². The van der Waals surface area contributed by atoms with Gasteiger partial charge in [0.2, 0.25) is 0 Å². The molecule has 1 aromatic carbocycles. The van der Waals surface area contributed by atoms with Crippen LogP contribution in [0.1, 0.15) is 36.0 Å². The van der Waals surface area contributed by atoms with E-state index in [9.17, 15) is 4.79 Å². The van der Waals surface area contributed by atoms with Crippen molar-refractivity contribution in [2.24, 2.45) is 5.92 Å². The van der Waals surface area contributed by atoms with E-state index >= 15 is 0 Å².